The number of aromatic nitrogens is 2. The summed E-state index contributed by atoms with van der Waals surface area (Å²) in [6.07, 6.45) is 10.5. The predicted octanol–water partition coefficient (Wildman–Crippen LogP) is 2.03. The van der Waals surface area contributed by atoms with Crippen molar-refractivity contribution in [2.24, 2.45) is 5.92 Å². The first-order valence-electron chi connectivity index (χ1n) is 8.19. The lowest BCUT2D eigenvalue weighted by Gasteiger charge is -2.39. The normalized spacial score (nSPS) is 21.3. The maximum Gasteiger partial charge on any atom is 0.250 e. The van der Waals surface area contributed by atoms with E-state index in [0.717, 1.165) is 32.5 Å². The minimum atomic E-state index is -0.484. The van der Waals surface area contributed by atoms with Crippen molar-refractivity contribution in [1.29, 1.82) is 0 Å². The Morgan fingerprint density at radius 1 is 1.36 bits per heavy atom. The van der Waals surface area contributed by atoms with Gasteiger partial charge in [-0.1, -0.05) is 12.8 Å². The minimum Gasteiger partial charge on any atom is -0.343 e. The summed E-state index contributed by atoms with van der Waals surface area (Å²) in [7, 11) is 1.97. The molecule has 2 aliphatic rings. The monoisotopic (exact) mass is 326 g/mol. The fourth-order valence-electron chi connectivity index (χ4n) is 3.92. The molecular formula is C16H27ClN4O. The van der Waals surface area contributed by atoms with Crippen molar-refractivity contribution in [3.05, 3.63) is 18.5 Å². The Kier molecular flexibility index (Phi) is 5.87. The lowest BCUT2D eigenvalue weighted by molar-refractivity contribution is -0.142. The van der Waals surface area contributed by atoms with Gasteiger partial charge in [0.25, 0.3) is 0 Å². The van der Waals surface area contributed by atoms with Crippen molar-refractivity contribution in [2.45, 2.75) is 44.1 Å². The van der Waals surface area contributed by atoms with E-state index in [4.69, 9.17) is 0 Å². The fourth-order valence-corrected chi connectivity index (χ4v) is 3.92. The molecule has 2 fully saturated rings. The van der Waals surface area contributed by atoms with Gasteiger partial charge < -0.3 is 10.2 Å². The molecule has 1 aromatic heterocycles. The number of carbonyl (C=O) groups excluding carboxylic acids is 1. The van der Waals surface area contributed by atoms with Gasteiger partial charge in [-0.05, 0) is 50.8 Å². The number of piperidine rings is 1. The number of halogens is 1. The van der Waals surface area contributed by atoms with Gasteiger partial charge in [0.1, 0.15) is 5.54 Å². The average Bonchev–Trinajstić information content (AvgIpc) is 3.20. The molecule has 0 bridgehead atoms. The molecule has 1 aliphatic carbocycles. The first-order chi connectivity index (χ1) is 10.2. The molecule has 5 nitrogen and oxygen atoms in total. The molecule has 1 N–H and O–H groups in total. The summed E-state index contributed by atoms with van der Waals surface area (Å²) in [5.74, 6) is 0.926. The number of amides is 1. The van der Waals surface area contributed by atoms with E-state index in [1.54, 1.807) is 6.20 Å². The van der Waals surface area contributed by atoms with Gasteiger partial charge in [-0.25, -0.2) is 0 Å². The summed E-state index contributed by atoms with van der Waals surface area (Å²) in [6, 6.07) is 1.91. The molecule has 1 saturated heterocycles. The predicted molar refractivity (Wildman–Crippen MR) is 89.1 cm³/mol. The van der Waals surface area contributed by atoms with Crippen molar-refractivity contribution >= 4 is 18.3 Å². The summed E-state index contributed by atoms with van der Waals surface area (Å²) in [5.41, 5.74) is -0.484. The molecule has 2 heterocycles. The molecule has 1 amide bonds. The largest absolute Gasteiger partial charge is 0.343 e. The molecule has 1 aliphatic heterocycles. The molecular weight excluding hydrogens is 300 g/mol. The summed E-state index contributed by atoms with van der Waals surface area (Å²) >= 11 is 0. The number of rotatable bonds is 4. The topological polar surface area (TPSA) is 50.2 Å². The number of nitrogens with one attached hydrogen (secondary N) is 1. The number of carbonyl (C=O) groups is 1. The zero-order valence-corrected chi connectivity index (χ0v) is 14.1. The van der Waals surface area contributed by atoms with Gasteiger partial charge in [0, 0.05) is 26.0 Å². The van der Waals surface area contributed by atoms with E-state index >= 15 is 0 Å². The molecule has 3 rings (SSSR count). The van der Waals surface area contributed by atoms with E-state index in [2.05, 4.69) is 10.4 Å². The molecule has 22 heavy (non-hydrogen) atoms. The second kappa shape index (κ2) is 7.47. The highest BCUT2D eigenvalue weighted by Crippen LogP contribution is 2.31. The maximum absolute atomic E-state index is 13.1. The SMILES string of the molecule is CN(CC1CCCC1)C(=O)C1(n2cccn2)CCNCC1.Cl. The van der Waals surface area contributed by atoms with Gasteiger partial charge >= 0.3 is 0 Å². The highest BCUT2D eigenvalue weighted by Gasteiger charge is 2.43. The zero-order valence-electron chi connectivity index (χ0n) is 13.3. The minimum absolute atomic E-state index is 0. The van der Waals surface area contributed by atoms with Gasteiger partial charge in [0.2, 0.25) is 5.91 Å². The lowest BCUT2D eigenvalue weighted by Crippen LogP contribution is -2.55. The van der Waals surface area contributed by atoms with Gasteiger partial charge in [-0.2, -0.15) is 5.10 Å². The van der Waals surface area contributed by atoms with E-state index in [-0.39, 0.29) is 18.3 Å². The Labute approximate surface area is 138 Å². The second-order valence-corrected chi connectivity index (χ2v) is 6.57. The standard InChI is InChI=1S/C16H26N4O.ClH/c1-19(13-14-5-2-3-6-14)15(21)16(7-10-17-11-8-16)20-12-4-9-18-20;/h4,9,12,14,17H,2-3,5-8,10-11,13H2,1H3;1H. The highest BCUT2D eigenvalue weighted by atomic mass is 35.5. The van der Waals surface area contributed by atoms with E-state index in [1.807, 2.05) is 28.9 Å². The van der Waals surface area contributed by atoms with Crippen molar-refractivity contribution < 1.29 is 4.79 Å². The van der Waals surface area contributed by atoms with Crippen molar-refractivity contribution in [2.75, 3.05) is 26.7 Å². The molecule has 124 valence electrons. The third kappa shape index (κ3) is 3.30. The summed E-state index contributed by atoms with van der Waals surface area (Å²) in [4.78, 5) is 15.1. The van der Waals surface area contributed by atoms with Gasteiger partial charge in [0.15, 0.2) is 0 Å². The van der Waals surface area contributed by atoms with Gasteiger partial charge in [-0.15, -0.1) is 12.4 Å². The Hall–Kier alpha value is -1.07. The molecule has 0 unspecified atom stereocenters. The van der Waals surface area contributed by atoms with Crippen LogP contribution in [-0.4, -0.2) is 47.3 Å². The number of hydrogen-bond donors (Lipinski definition) is 1. The molecule has 6 heteroatoms. The van der Waals surface area contributed by atoms with Crippen LogP contribution in [0.3, 0.4) is 0 Å². The highest BCUT2D eigenvalue weighted by molar-refractivity contribution is 5.85. The second-order valence-electron chi connectivity index (χ2n) is 6.57. The van der Waals surface area contributed by atoms with E-state index in [1.165, 1.54) is 25.7 Å². The first kappa shape index (κ1) is 17.3. The van der Waals surface area contributed by atoms with Crippen LogP contribution in [0.5, 0.6) is 0 Å². The average molecular weight is 327 g/mol. The molecule has 0 aromatic carbocycles. The summed E-state index contributed by atoms with van der Waals surface area (Å²) < 4.78 is 1.89. The summed E-state index contributed by atoms with van der Waals surface area (Å²) in [5, 5.41) is 7.75. The van der Waals surface area contributed by atoms with E-state index in [9.17, 15) is 4.79 Å². The maximum atomic E-state index is 13.1. The number of nitrogens with zero attached hydrogens (tertiary/aromatic N) is 3. The number of hydrogen-bond acceptors (Lipinski definition) is 3. The summed E-state index contributed by atoms with van der Waals surface area (Å²) in [6.45, 7) is 2.65. The van der Waals surface area contributed by atoms with Crippen LogP contribution in [0.4, 0.5) is 0 Å². The van der Waals surface area contributed by atoms with Crippen LogP contribution in [0.25, 0.3) is 0 Å². The fraction of sp³-hybridized carbons (Fsp3) is 0.750. The van der Waals surface area contributed by atoms with Gasteiger partial charge in [-0.3, -0.25) is 9.48 Å². The van der Waals surface area contributed by atoms with Gasteiger partial charge in [0.05, 0.1) is 0 Å². The zero-order chi connectivity index (χ0) is 14.7. The third-order valence-corrected chi connectivity index (χ3v) is 5.13. The Bertz CT molecular complexity index is 465. The molecule has 0 atom stereocenters. The van der Waals surface area contributed by atoms with Crippen LogP contribution in [0.1, 0.15) is 38.5 Å². The molecule has 0 spiro atoms. The number of likely N-dealkylation sites (N-methyl/N-ethyl adjacent to an activating group) is 1. The van der Waals surface area contributed by atoms with Crippen LogP contribution in [-0.2, 0) is 10.3 Å². The van der Waals surface area contributed by atoms with Crippen LogP contribution in [0, 0.1) is 5.92 Å². The Balaban J connectivity index is 0.00000176. The van der Waals surface area contributed by atoms with Crippen molar-refractivity contribution in [3.63, 3.8) is 0 Å². The van der Waals surface area contributed by atoms with Crippen LogP contribution in [0.15, 0.2) is 18.5 Å². The van der Waals surface area contributed by atoms with Crippen LogP contribution >= 0.6 is 12.4 Å². The van der Waals surface area contributed by atoms with Crippen molar-refractivity contribution in [3.8, 4) is 0 Å². The van der Waals surface area contributed by atoms with E-state index < -0.39 is 5.54 Å². The third-order valence-electron chi connectivity index (χ3n) is 5.13. The Morgan fingerprint density at radius 2 is 2.05 bits per heavy atom. The van der Waals surface area contributed by atoms with Crippen LogP contribution in [0.2, 0.25) is 0 Å². The molecule has 0 radical (unpaired) electrons. The quantitative estimate of drug-likeness (QED) is 0.921. The van der Waals surface area contributed by atoms with Crippen molar-refractivity contribution in [1.82, 2.24) is 20.0 Å². The smallest absolute Gasteiger partial charge is 0.250 e. The molecule has 1 saturated carbocycles. The first-order valence-corrected chi connectivity index (χ1v) is 8.19. The molecule has 1 aromatic rings. The Morgan fingerprint density at radius 3 is 2.64 bits per heavy atom. The van der Waals surface area contributed by atoms with Crippen LogP contribution < -0.4 is 5.32 Å². The lowest BCUT2D eigenvalue weighted by atomic mass is 9.86. The van der Waals surface area contributed by atoms with E-state index in [0.29, 0.717) is 5.92 Å².